The van der Waals surface area contributed by atoms with E-state index in [1.54, 1.807) is 30.0 Å². The molecule has 9 heteroatoms. The number of nitrogens with one attached hydrogen (secondary N) is 1. The van der Waals surface area contributed by atoms with Crippen molar-refractivity contribution in [2.75, 3.05) is 17.4 Å². The summed E-state index contributed by atoms with van der Waals surface area (Å²) >= 11 is 3.43. The largest absolute Gasteiger partial charge is 0.354 e. The Labute approximate surface area is 227 Å². The molecule has 2 amide bonds. The van der Waals surface area contributed by atoms with Gasteiger partial charge in [-0.05, 0) is 54.5 Å². The monoisotopic (exact) mass is 585 g/mol. The number of anilines is 1. The zero-order chi connectivity index (χ0) is 26.7. The molecule has 0 aliphatic carbocycles. The maximum Gasteiger partial charge on any atom is 0.265 e. The van der Waals surface area contributed by atoms with Crippen molar-refractivity contribution in [3.63, 3.8) is 0 Å². The molecule has 0 spiro atoms. The normalized spacial score (nSPS) is 14.7. The Balaban J connectivity index is 1.48. The smallest absolute Gasteiger partial charge is 0.265 e. The molecule has 1 N–H and O–H groups in total. The summed E-state index contributed by atoms with van der Waals surface area (Å²) in [6.45, 7) is 6.76. The predicted octanol–water partition coefficient (Wildman–Crippen LogP) is 5.08. The minimum Gasteiger partial charge on any atom is -0.354 e. The van der Waals surface area contributed by atoms with Crippen LogP contribution in [0, 0.1) is 5.92 Å². The Morgan fingerprint density at radius 2 is 1.68 bits per heavy atom. The number of carbonyl (C=O) groups is 2. The van der Waals surface area contributed by atoms with Gasteiger partial charge in [-0.1, -0.05) is 66.2 Å². The first-order valence-corrected chi connectivity index (χ1v) is 14.7. The van der Waals surface area contributed by atoms with Crippen LogP contribution in [0.15, 0.2) is 70.0 Å². The fourth-order valence-electron chi connectivity index (χ4n) is 4.54. The zero-order valence-electron chi connectivity index (χ0n) is 21.3. The minimum absolute atomic E-state index is 0.122. The average molecular weight is 587 g/mol. The zero-order valence-corrected chi connectivity index (χ0v) is 23.7. The summed E-state index contributed by atoms with van der Waals surface area (Å²) in [6, 6.07) is 17.8. The molecule has 1 heterocycles. The topological polar surface area (TPSA) is 86.8 Å². The van der Waals surface area contributed by atoms with Crippen molar-refractivity contribution in [3.05, 3.63) is 70.7 Å². The van der Waals surface area contributed by atoms with Gasteiger partial charge in [0.15, 0.2) is 0 Å². The number of halogens is 1. The molecular weight excluding hydrogens is 554 g/mol. The lowest BCUT2D eigenvalue weighted by atomic mass is 10.1. The highest BCUT2D eigenvalue weighted by Gasteiger charge is 2.35. The minimum atomic E-state index is -3.67. The van der Waals surface area contributed by atoms with Crippen LogP contribution in [0.1, 0.15) is 39.2 Å². The molecule has 0 bridgehead atoms. The Morgan fingerprint density at radius 1 is 1.00 bits per heavy atom. The van der Waals surface area contributed by atoms with Crippen LogP contribution in [0.25, 0.3) is 10.8 Å². The Morgan fingerprint density at radius 3 is 2.35 bits per heavy atom. The lowest BCUT2D eigenvalue weighted by Crippen LogP contribution is -2.48. The van der Waals surface area contributed by atoms with E-state index in [0.29, 0.717) is 29.5 Å². The molecule has 0 fully saturated rings. The fourth-order valence-corrected chi connectivity index (χ4v) is 6.55. The van der Waals surface area contributed by atoms with Gasteiger partial charge in [0.1, 0.15) is 6.04 Å². The summed E-state index contributed by atoms with van der Waals surface area (Å²) in [5.74, 6) is -0.103. The van der Waals surface area contributed by atoms with Crippen LogP contribution in [0.4, 0.5) is 5.69 Å². The summed E-state index contributed by atoms with van der Waals surface area (Å²) < 4.78 is 28.8. The number of hydrogen-bond acceptors (Lipinski definition) is 4. The second kappa shape index (κ2) is 11.2. The van der Waals surface area contributed by atoms with Crippen LogP contribution in [0.5, 0.6) is 0 Å². The van der Waals surface area contributed by atoms with Gasteiger partial charge in [-0.15, -0.1) is 0 Å². The molecule has 1 atom stereocenters. The first-order chi connectivity index (χ1) is 17.6. The standard InChI is InChI=1S/C28H32BrN3O4S/c1-19(2)17-30-28(34)20(3)31(18-21-12-14-23(29)15-13-21)26(33)11-6-16-32-24-9-4-7-22-8-5-10-25(27(22)24)37(32,35)36/h4-5,7-10,12-15,19-20H,6,11,16-18H2,1-3H3,(H,30,34)/t20-/m0/s1. The SMILES string of the molecule is CC(C)CNC(=O)[C@H](C)N(Cc1ccc(Br)cc1)C(=O)CCCN1c2cccc3cccc(c23)S1(=O)=O. The van der Waals surface area contributed by atoms with Gasteiger partial charge < -0.3 is 10.2 Å². The predicted molar refractivity (Wildman–Crippen MR) is 150 cm³/mol. The van der Waals surface area contributed by atoms with Crippen molar-refractivity contribution in [3.8, 4) is 0 Å². The molecule has 196 valence electrons. The number of hydrogen-bond donors (Lipinski definition) is 1. The van der Waals surface area contributed by atoms with E-state index in [1.165, 1.54) is 4.31 Å². The average Bonchev–Trinajstić information content (AvgIpc) is 3.09. The highest BCUT2D eigenvalue weighted by Crippen LogP contribution is 2.42. The van der Waals surface area contributed by atoms with Crippen molar-refractivity contribution in [1.82, 2.24) is 10.2 Å². The molecule has 0 aromatic heterocycles. The summed E-state index contributed by atoms with van der Waals surface area (Å²) in [7, 11) is -3.67. The number of benzene rings is 3. The van der Waals surface area contributed by atoms with Crippen LogP contribution < -0.4 is 9.62 Å². The highest BCUT2D eigenvalue weighted by molar-refractivity contribution is 9.10. The number of carbonyl (C=O) groups excluding carboxylic acids is 2. The lowest BCUT2D eigenvalue weighted by molar-refractivity contribution is -0.140. The van der Waals surface area contributed by atoms with Gasteiger partial charge in [0.2, 0.25) is 11.8 Å². The van der Waals surface area contributed by atoms with Gasteiger partial charge in [0, 0.05) is 35.9 Å². The van der Waals surface area contributed by atoms with E-state index < -0.39 is 16.1 Å². The van der Waals surface area contributed by atoms with Crippen molar-refractivity contribution < 1.29 is 18.0 Å². The summed E-state index contributed by atoms with van der Waals surface area (Å²) in [5, 5.41) is 4.52. The molecule has 7 nitrogen and oxygen atoms in total. The van der Waals surface area contributed by atoms with Crippen molar-refractivity contribution in [2.24, 2.45) is 5.92 Å². The Kier molecular flexibility index (Phi) is 8.23. The van der Waals surface area contributed by atoms with E-state index in [4.69, 9.17) is 0 Å². The van der Waals surface area contributed by atoms with Gasteiger partial charge in [0.05, 0.1) is 10.6 Å². The first-order valence-electron chi connectivity index (χ1n) is 12.5. The molecular formula is C28H32BrN3O4S. The number of rotatable bonds is 10. The molecule has 0 saturated carbocycles. The number of sulfonamides is 1. The molecule has 1 aliphatic heterocycles. The molecule has 37 heavy (non-hydrogen) atoms. The van der Waals surface area contributed by atoms with Crippen LogP contribution in [-0.4, -0.2) is 44.3 Å². The van der Waals surface area contributed by atoms with Crippen molar-refractivity contribution >= 4 is 54.2 Å². The summed E-state index contributed by atoms with van der Waals surface area (Å²) in [6.07, 6.45) is 0.455. The molecule has 3 aromatic rings. The summed E-state index contributed by atoms with van der Waals surface area (Å²) in [4.78, 5) is 28.1. The van der Waals surface area contributed by atoms with Gasteiger partial charge in [0.25, 0.3) is 10.0 Å². The van der Waals surface area contributed by atoms with Crippen LogP contribution in [0.3, 0.4) is 0 Å². The van der Waals surface area contributed by atoms with Gasteiger partial charge in [-0.2, -0.15) is 0 Å². The molecule has 3 aromatic carbocycles. The van der Waals surface area contributed by atoms with Gasteiger partial charge in [-0.3, -0.25) is 13.9 Å². The van der Waals surface area contributed by atoms with Crippen LogP contribution >= 0.6 is 15.9 Å². The second-order valence-corrected chi connectivity index (χ2v) is 12.5. The van der Waals surface area contributed by atoms with E-state index in [2.05, 4.69) is 21.2 Å². The second-order valence-electron chi connectivity index (χ2n) is 9.78. The van der Waals surface area contributed by atoms with Gasteiger partial charge in [-0.25, -0.2) is 8.42 Å². The van der Waals surface area contributed by atoms with Crippen molar-refractivity contribution in [2.45, 2.75) is 51.1 Å². The Hall–Kier alpha value is -2.91. The van der Waals surface area contributed by atoms with Crippen LogP contribution in [0.2, 0.25) is 0 Å². The van der Waals surface area contributed by atoms with E-state index in [0.717, 1.165) is 20.8 Å². The summed E-state index contributed by atoms with van der Waals surface area (Å²) in [5.41, 5.74) is 1.55. The van der Waals surface area contributed by atoms with E-state index in [-0.39, 0.29) is 31.3 Å². The maximum absolute atomic E-state index is 13.4. The molecule has 1 aliphatic rings. The van der Waals surface area contributed by atoms with Gasteiger partial charge >= 0.3 is 0 Å². The highest BCUT2D eigenvalue weighted by atomic mass is 79.9. The lowest BCUT2D eigenvalue weighted by Gasteiger charge is -2.29. The quantitative estimate of drug-likeness (QED) is 0.359. The van der Waals surface area contributed by atoms with E-state index in [9.17, 15) is 18.0 Å². The first kappa shape index (κ1) is 27.1. The van der Waals surface area contributed by atoms with Crippen molar-refractivity contribution in [1.29, 1.82) is 0 Å². The molecule has 0 saturated heterocycles. The van der Waals surface area contributed by atoms with E-state index >= 15 is 0 Å². The molecule has 0 radical (unpaired) electrons. The molecule has 0 unspecified atom stereocenters. The maximum atomic E-state index is 13.4. The molecule has 4 rings (SSSR count). The fraction of sp³-hybridized carbons (Fsp3) is 0.357. The van der Waals surface area contributed by atoms with Crippen LogP contribution in [-0.2, 0) is 26.2 Å². The third-order valence-electron chi connectivity index (χ3n) is 6.55. The number of nitrogens with zero attached hydrogens (tertiary/aromatic N) is 2. The number of amides is 2. The van der Waals surface area contributed by atoms with E-state index in [1.807, 2.05) is 56.3 Å². The third-order valence-corrected chi connectivity index (χ3v) is 8.94. The third kappa shape index (κ3) is 5.83. The Bertz CT molecular complexity index is 1400.